The number of rotatable bonds is 24. The van der Waals surface area contributed by atoms with Crippen molar-refractivity contribution in [2.24, 2.45) is 28.8 Å². The summed E-state index contributed by atoms with van der Waals surface area (Å²) < 4.78 is 26.8. The molecule has 0 spiro atoms. The first kappa shape index (κ1) is 47.4. The number of benzene rings is 2. The fourth-order valence-corrected chi connectivity index (χ4v) is 10.2. The van der Waals surface area contributed by atoms with Crippen molar-refractivity contribution < 1.29 is 48.7 Å². The predicted molar refractivity (Wildman–Crippen MR) is 239 cm³/mol. The molecule has 0 aromatic heterocycles. The van der Waals surface area contributed by atoms with Gasteiger partial charge >= 0.3 is 0 Å². The summed E-state index contributed by atoms with van der Waals surface area (Å²) in [5.41, 5.74) is 2.53. The molecule has 340 valence electrons. The van der Waals surface area contributed by atoms with Gasteiger partial charge in [0.25, 0.3) is 0 Å². The maximum atomic E-state index is 14.9. The standard InChI is InChI=1S/C50H70N2O10/c1-5-27-59-50-45(52(23-28-58-29-26-55)46(57)22-19-35-13-6-7-14-35)33-43(51-62-49(2,3)4)41-31-37(16-8-10-24-53)40(18-9-11-25-54)47(48(41)50)42-32-39(20-21-44(42)61-50)60-38-17-12-15-36(30-38)34-56/h5,12,15,17,20-21,30-32,34-35,37,40,45,47-48,53-55H,1,6-11,13-14,16,18-19,22-29,33H2,2-4H3. The number of aldehydes is 1. The van der Waals surface area contributed by atoms with Crippen LogP contribution in [0.1, 0.15) is 126 Å². The molecule has 2 aromatic rings. The molecule has 12 heteroatoms. The molecule has 4 aliphatic rings. The molecule has 1 amide bonds. The Morgan fingerprint density at radius 3 is 2.44 bits per heavy atom. The van der Waals surface area contributed by atoms with E-state index in [1.807, 2.05) is 49.9 Å². The van der Waals surface area contributed by atoms with Crippen LogP contribution in [0.5, 0.6) is 17.2 Å². The maximum absolute atomic E-state index is 14.9. The number of amides is 1. The van der Waals surface area contributed by atoms with Gasteiger partial charge in [-0.3, -0.25) is 9.59 Å². The molecule has 6 atom stereocenters. The molecule has 2 saturated carbocycles. The lowest BCUT2D eigenvalue weighted by atomic mass is 9.55. The van der Waals surface area contributed by atoms with Gasteiger partial charge in [0.2, 0.25) is 11.7 Å². The third kappa shape index (κ3) is 11.5. The summed E-state index contributed by atoms with van der Waals surface area (Å²) in [5, 5.41) is 34.5. The number of hydrogen-bond donors (Lipinski definition) is 3. The van der Waals surface area contributed by atoms with Crippen LogP contribution in [0.4, 0.5) is 0 Å². The van der Waals surface area contributed by atoms with Gasteiger partial charge in [-0.25, -0.2) is 0 Å². The number of unbranched alkanes of at least 4 members (excludes halogenated alkanes) is 2. The van der Waals surface area contributed by atoms with E-state index in [0.717, 1.165) is 68.1 Å². The Kier molecular flexibility index (Phi) is 17.2. The molecule has 3 aliphatic carbocycles. The molecular weight excluding hydrogens is 789 g/mol. The van der Waals surface area contributed by atoms with E-state index in [4.69, 9.17) is 28.9 Å². The highest BCUT2D eigenvalue weighted by molar-refractivity contribution is 6.03. The lowest BCUT2D eigenvalue weighted by molar-refractivity contribution is -0.258. The predicted octanol–water partition coefficient (Wildman–Crippen LogP) is 8.53. The molecule has 0 bridgehead atoms. The van der Waals surface area contributed by atoms with Gasteiger partial charge in [-0.15, -0.1) is 6.58 Å². The van der Waals surface area contributed by atoms with Gasteiger partial charge in [0.15, 0.2) is 0 Å². The van der Waals surface area contributed by atoms with E-state index < -0.39 is 23.3 Å². The van der Waals surface area contributed by atoms with Gasteiger partial charge in [0.1, 0.15) is 35.2 Å². The molecule has 2 fully saturated rings. The molecule has 6 rings (SSSR count). The quantitative estimate of drug-likeness (QED) is 0.0405. The monoisotopic (exact) mass is 859 g/mol. The van der Waals surface area contributed by atoms with Crippen molar-refractivity contribution in [2.45, 2.75) is 128 Å². The minimum atomic E-state index is -1.40. The minimum absolute atomic E-state index is 0.0102. The molecule has 2 aromatic carbocycles. The lowest BCUT2D eigenvalue weighted by Gasteiger charge is -2.60. The van der Waals surface area contributed by atoms with Gasteiger partial charge in [-0.2, -0.15) is 0 Å². The van der Waals surface area contributed by atoms with E-state index in [-0.39, 0.29) is 69.8 Å². The summed E-state index contributed by atoms with van der Waals surface area (Å²) >= 11 is 0. The first-order valence-corrected chi connectivity index (χ1v) is 23.0. The number of nitrogens with zero attached hydrogens (tertiary/aromatic N) is 2. The Morgan fingerprint density at radius 2 is 1.73 bits per heavy atom. The van der Waals surface area contributed by atoms with Gasteiger partial charge in [-0.1, -0.05) is 68.0 Å². The number of aliphatic hydroxyl groups is 3. The second-order valence-electron chi connectivity index (χ2n) is 18.4. The second-order valence-corrected chi connectivity index (χ2v) is 18.4. The second kappa shape index (κ2) is 22.5. The summed E-state index contributed by atoms with van der Waals surface area (Å²) in [6.45, 7) is 10.8. The molecule has 1 aliphatic heterocycles. The van der Waals surface area contributed by atoms with Crippen LogP contribution in [0.15, 0.2) is 71.9 Å². The van der Waals surface area contributed by atoms with E-state index in [2.05, 4.69) is 12.7 Å². The van der Waals surface area contributed by atoms with Crippen LogP contribution < -0.4 is 9.47 Å². The van der Waals surface area contributed by atoms with Crippen molar-refractivity contribution in [1.29, 1.82) is 0 Å². The zero-order valence-electron chi connectivity index (χ0n) is 37.2. The summed E-state index contributed by atoms with van der Waals surface area (Å²) in [4.78, 5) is 34.7. The van der Waals surface area contributed by atoms with Crippen LogP contribution in [-0.4, -0.2) is 102 Å². The molecule has 6 unspecified atom stereocenters. The van der Waals surface area contributed by atoms with Crippen molar-refractivity contribution in [3.63, 3.8) is 0 Å². The molecule has 3 N–H and O–H groups in total. The third-order valence-corrected chi connectivity index (χ3v) is 13.0. The lowest BCUT2D eigenvalue weighted by Crippen LogP contribution is -2.70. The number of aliphatic hydroxyl groups excluding tert-OH is 3. The Morgan fingerprint density at radius 1 is 0.968 bits per heavy atom. The average Bonchev–Trinajstić information content (AvgIpc) is 3.79. The van der Waals surface area contributed by atoms with Crippen LogP contribution in [0.2, 0.25) is 0 Å². The largest absolute Gasteiger partial charge is 0.459 e. The Bertz CT molecular complexity index is 1850. The van der Waals surface area contributed by atoms with E-state index in [1.54, 1.807) is 24.3 Å². The maximum Gasteiger partial charge on any atom is 0.239 e. The first-order chi connectivity index (χ1) is 30.0. The third-order valence-electron chi connectivity index (χ3n) is 13.0. The number of carbonyl (C=O) groups excluding carboxylic acids is 2. The average molecular weight is 859 g/mol. The minimum Gasteiger partial charge on any atom is -0.459 e. The van der Waals surface area contributed by atoms with Crippen LogP contribution in [0.3, 0.4) is 0 Å². The number of ether oxygens (including phenoxy) is 4. The van der Waals surface area contributed by atoms with Crippen LogP contribution >= 0.6 is 0 Å². The van der Waals surface area contributed by atoms with Gasteiger partial charge < -0.3 is 44.0 Å². The topological polar surface area (TPSA) is 157 Å². The molecule has 0 radical (unpaired) electrons. The normalized spacial score (nSPS) is 25.0. The molecule has 12 nitrogen and oxygen atoms in total. The van der Waals surface area contributed by atoms with Crippen molar-refractivity contribution in [3.05, 3.63) is 77.9 Å². The van der Waals surface area contributed by atoms with Crippen molar-refractivity contribution in [2.75, 3.05) is 46.2 Å². The molecule has 0 saturated heterocycles. The number of carbonyl (C=O) groups is 2. The fourth-order valence-electron chi connectivity index (χ4n) is 10.2. The van der Waals surface area contributed by atoms with Gasteiger partial charge in [0, 0.05) is 49.6 Å². The van der Waals surface area contributed by atoms with E-state index in [1.165, 1.54) is 12.8 Å². The Hall–Kier alpha value is -4.07. The number of oxime groups is 1. The van der Waals surface area contributed by atoms with Crippen LogP contribution in [0, 0.1) is 23.7 Å². The summed E-state index contributed by atoms with van der Waals surface area (Å²) in [5.74, 6) is 0.251. The van der Waals surface area contributed by atoms with Crippen molar-refractivity contribution in [1.82, 2.24) is 4.90 Å². The SMILES string of the molecule is C=CCOC12Oc3ccc(Oc4cccc(C=O)c4)cc3C3C(CCCCO)C(CCCCO)C=C(C(=NOC(C)(C)C)CC1N(CCOCCO)C(=O)CCC1CCCC1)C32. The van der Waals surface area contributed by atoms with Crippen LogP contribution in [-0.2, 0) is 19.1 Å². The number of allylic oxidation sites excluding steroid dienone is 1. The van der Waals surface area contributed by atoms with E-state index >= 15 is 0 Å². The fraction of sp³-hybridized carbons (Fsp3) is 0.620. The smallest absolute Gasteiger partial charge is 0.239 e. The number of hydrogen-bond acceptors (Lipinski definition) is 11. The molecule has 62 heavy (non-hydrogen) atoms. The van der Waals surface area contributed by atoms with Crippen molar-refractivity contribution >= 4 is 17.9 Å². The zero-order valence-corrected chi connectivity index (χ0v) is 37.2. The van der Waals surface area contributed by atoms with Gasteiger partial charge in [0.05, 0.1) is 38.1 Å². The van der Waals surface area contributed by atoms with E-state index in [9.17, 15) is 24.9 Å². The Balaban J connectivity index is 1.57. The summed E-state index contributed by atoms with van der Waals surface area (Å²) in [6.07, 6.45) is 15.5. The molecule has 1 heterocycles. The summed E-state index contributed by atoms with van der Waals surface area (Å²) in [7, 11) is 0. The molecular formula is C50H70N2O10. The Labute approximate surface area is 368 Å². The van der Waals surface area contributed by atoms with Crippen molar-refractivity contribution in [3.8, 4) is 17.2 Å². The highest BCUT2D eigenvalue weighted by atomic mass is 16.7. The number of fused-ring (bicyclic) bond motifs is 2. The van der Waals surface area contributed by atoms with Crippen LogP contribution in [0.25, 0.3) is 0 Å². The first-order valence-electron chi connectivity index (χ1n) is 23.0. The summed E-state index contributed by atoms with van der Waals surface area (Å²) in [6, 6.07) is 12.2. The zero-order chi connectivity index (χ0) is 44.1. The van der Waals surface area contributed by atoms with Gasteiger partial charge in [-0.05, 0) is 107 Å². The van der Waals surface area contributed by atoms with E-state index in [0.29, 0.717) is 54.4 Å². The highest BCUT2D eigenvalue weighted by Crippen LogP contribution is 2.62. The highest BCUT2D eigenvalue weighted by Gasteiger charge is 2.65.